The molecule has 1 unspecified atom stereocenters. The van der Waals surface area contributed by atoms with Crippen LogP contribution >= 0.6 is 0 Å². The molecule has 0 radical (unpaired) electrons. The zero-order valence-electron chi connectivity index (χ0n) is 15.5. The molecular weight excluding hydrogens is 369 g/mol. The number of nitro groups is 1. The molecular formula is C19H22FN3O5. The Morgan fingerprint density at radius 1 is 1.32 bits per heavy atom. The van der Waals surface area contributed by atoms with Crippen LogP contribution in [0.15, 0.2) is 42.6 Å². The van der Waals surface area contributed by atoms with Crippen LogP contribution in [-0.2, 0) is 9.53 Å². The molecule has 2 aromatic rings. The molecule has 150 valence electrons. The van der Waals surface area contributed by atoms with Crippen molar-refractivity contribution in [3.8, 4) is 5.75 Å². The number of hydrogen-bond acceptors (Lipinski definition) is 7. The summed E-state index contributed by atoms with van der Waals surface area (Å²) in [7, 11) is 0. The summed E-state index contributed by atoms with van der Waals surface area (Å²) in [6.45, 7) is 2.38. The van der Waals surface area contributed by atoms with E-state index in [1.807, 2.05) is 0 Å². The van der Waals surface area contributed by atoms with Crippen LogP contribution in [0.25, 0.3) is 0 Å². The highest BCUT2D eigenvalue weighted by Gasteiger charge is 2.25. The number of nitrogens with zero attached hydrogens (tertiary/aromatic N) is 2. The van der Waals surface area contributed by atoms with E-state index in [-0.39, 0.29) is 23.9 Å². The number of anilines is 1. The number of ether oxygens (including phenoxy) is 2. The van der Waals surface area contributed by atoms with Crippen LogP contribution in [0.2, 0.25) is 0 Å². The van der Waals surface area contributed by atoms with Crippen LogP contribution < -0.4 is 10.1 Å². The van der Waals surface area contributed by atoms with E-state index < -0.39 is 17.0 Å². The molecule has 0 spiro atoms. The fourth-order valence-electron chi connectivity index (χ4n) is 2.49. The van der Waals surface area contributed by atoms with Gasteiger partial charge in [0.25, 0.3) is 0 Å². The summed E-state index contributed by atoms with van der Waals surface area (Å²) in [4.78, 5) is 26.7. The Morgan fingerprint density at radius 2 is 2.11 bits per heavy atom. The van der Waals surface area contributed by atoms with Crippen molar-refractivity contribution in [2.24, 2.45) is 0 Å². The zero-order chi connectivity index (χ0) is 20.4. The summed E-state index contributed by atoms with van der Waals surface area (Å²) in [5.74, 6) is -0.496. The molecule has 28 heavy (non-hydrogen) atoms. The van der Waals surface area contributed by atoms with Crippen LogP contribution in [0, 0.1) is 15.9 Å². The van der Waals surface area contributed by atoms with Gasteiger partial charge in [-0.25, -0.2) is 14.2 Å². The van der Waals surface area contributed by atoms with Gasteiger partial charge in [-0.05, 0) is 38.3 Å². The average molecular weight is 391 g/mol. The number of hydrogen-bond donors (Lipinski definition) is 1. The number of halogens is 1. The van der Waals surface area contributed by atoms with E-state index in [0.29, 0.717) is 31.6 Å². The van der Waals surface area contributed by atoms with Crippen molar-refractivity contribution in [1.82, 2.24) is 4.98 Å². The minimum absolute atomic E-state index is 0.0210. The highest BCUT2D eigenvalue weighted by atomic mass is 19.1. The van der Waals surface area contributed by atoms with E-state index in [4.69, 9.17) is 9.47 Å². The van der Waals surface area contributed by atoms with Gasteiger partial charge in [-0.2, -0.15) is 0 Å². The molecule has 1 heterocycles. The molecule has 0 saturated carbocycles. The molecule has 0 aliphatic heterocycles. The van der Waals surface area contributed by atoms with E-state index in [2.05, 4.69) is 10.3 Å². The lowest BCUT2D eigenvalue weighted by atomic mass is 10.1. The number of aromatic nitrogens is 1. The molecule has 0 amide bonds. The highest BCUT2D eigenvalue weighted by Crippen LogP contribution is 2.28. The third-order valence-electron chi connectivity index (χ3n) is 3.80. The van der Waals surface area contributed by atoms with Gasteiger partial charge in [0, 0.05) is 24.9 Å². The number of carbonyl (C=O) groups is 1. The second-order valence-corrected chi connectivity index (χ2v) is 5.87. The van der Waals surface area contributed by atoms with Crippen molar-refractivity contribution in [1.29, 1.82) is 0 Å². The number of para-hydroxylation sites is 2. The molecule has 2 rings (SSSR count). The van der Waals surface area contributed by atoms with Gasteiger partial charge in [0.2, 0.25) is 0 Å². The summed E-state index contributed by atoms with van der Waals surface area (Å²) in [6.07, 6.45) is 1.99. The predicted octanol–water partition coefficient (Wildman–Crippen LogP) is 3.72. The Morgan fingerprint density at radius 3 is 2.82 bits per heavy atom. The number of esters is 1. The van der Waals surface area contributed by atoms with Gasteiger partial charge >= 0.3 is 11.7 Å². The normalized spacial score (nSPS) is 11.5. The van der Waals surface area contributed by atoms with Crippen LogP contribution in [0.3, 0.4) is 0 Å². The second kappa shape index (κ2) is 10.8. The van der Waals surface area contributed by atoms with Crippen molar-refractivity contribution in [2.45, 2.75) is 32.3 Å². The first-order chi connectivity index (χ1) is 13.5. The monoisotopic (exact) mass is 391 g/mol. The molecule has 0 fully saturated rings. The molecule has 0 aliphatic carbocycles. The van der Waals surface area contributed by atoms with Crippen LogP contribution in [0.4, 0.5) is 15.9 Å². The molecule has 1 atom stereocenters. The number of nitrogens with one attached hydrogen (secondary N) is 1. The van der Waals surface area contributed by atoms with E-state index in [1.165, 1.54) is 36.5 Å². The maximum absolute atomic E-state index is 13.1. The number of rotatable bonds is 11. The van der Waals surface area contributed by atoms with E-state index in [9.17, 15) is 19.3 Å². The molecule has 0 bridgehead atoms. The first-order valence-corrected chi connectivity index (χ1v) is 8.93. The highest BCUT2D eigenvalue weighted by molar-refractivity contribution is 5.75. The smallest absolute Gasteiger partial charge is 0.347 e. The van der Waals surface area contributed by atoms with Crippen molar-refractivity contribution >= 4 is 17.5 Å². The van der Waals surface area contributed by atoms with Crippen molar-refractivity contribution < 1.29 is 23.6 Å². The number of unbranched alkanes of at least 4 members (excludes halogenated alkanes) is 1. The van der Waals surface area contributed by atoms with E-state index >= 15 is 0 Å². The third-order valence-corrected chi connectivity index (χ3v) is 3.80. The lowest BCUT2D eigenvalue weighted by molar-refractivity contribution is -0.386. The van der Waals surface area contributed by atoms with Crippen molar-refractivity contribution in [3.05, 3.63) is 58.5 Å². The Kier molecular flexibility index (Phi) is 8.13. The summed E-state index contributed by atoms with van der Waals surface area (Å²) in [6, 6.07) is 8.43. The molecule has 0 aliphatic rings. The standard InChI is InChI=1S/C19H22FN3O5/c1-2-27-19(24)17(28-16-8-4-3-7-15(16)23(25)26)9-5-6-11-21-18-13-14(20)10-12-22-18/h3-4,7-8,10,12-13,17H,2,5-6,9,11H2,1H3,(H,21,22). The zero-order valence-corrected chi connectivity index (χ0v) is 15.5. The summed E-state index contributed by atoms with van der Waals surface area (Å²) >= 11 is 0. The maximum Gasteiger partial charge on any atom is 0.347 e. The van der Waals surface area contributed by atoms with Gasteiger partial charge < -0.3 is 14.8 Å². The van der Waals surface area contributed by atoms with Gasteiger partial charge in [-0.15, -0.1) is 0 Å². The quantitative estimate of drug-likeness (QED) is 0.269. The molecule has 0 saturated heterocycles. The first-order valence-electron chi connectivity index (χ1n) is 8.93. The summed E-state index contributed by atoms with van der Waals surface area (Å²) in [5, 5.41) is 14.1. The first kappa shape index (κ1) is 21.1. The lowest BCUT2D eigenvalue weighted by Crippen LogP contribution is -2.30. The van der Waals surface area contributed by atoms with Gasteiger partial charge in [-0.3, -0.25) is 10.1 Å². The van der Waals surface area contributed by atoms with Gasteiger partial charge in [-0.1, -0.05) is 12.1 Å². The molecule has 1 aromatic carbocycles. The summed E-state index contributed by atoms with van der Waals surface area (Å²) in [5.41, 5.74) is -0.212. The van der Waals surface area contributed by atoms with Crippen LogP contribution in [0.5, 0.6) is 5.75 Å². The van der Waals surface area contributed by atoms with Gasteiger partial charge in [0.1, 0.15) is 11.6 Å². The maximum atomic E-state index is 13.1. The molecule has 1 aromatic heterocycles. The largest absolute Gasteiger partial charge is 0.472 e. The van der Waals surface area contributed by atoms with Crippen molar-refractivity contribution in [3.63, 3.8) is 0 Å². The topological polar surface area (TPSA) is 104 Å². The van der Waals surface area contributed by atoms with E-state index in [0.717, 1.165) is 0 Å². The van der Waals surface area contributed by atoms with Crippen molar-refractivity contribution in [2.75, 3.05) is 18.5 Å². The fourth-order valence-corrected chi connectivity index (χ4v) is 2.49. The van der Waals surface area contributed by atoms with Crippen LogP contribution in [0.1, 0.15) is 26.2 Å². The number of carbonyl (C=O) groups excluding carboxylic acids is 1. The third kappa shape index (κ3) is 6.49. The minimum Gasteiger partial charge on any atom is -0.472 e. The number of nitro benzene ring substituents is 1. The predicted molar refractivity (Wildman–Crippen MR) is 101 cm³/mol. The van der Waals surface area contributed by atoms with E-state index in [1.54, 1.807) is 13.0 Å². The van der Waals surface area contributed by atoms with Gasteiger partial charge in [0.05, 0.1) is 11.5 Å². The molecule has 8 nitrogen and oxygen atoms in total. The molecule has 9 heteroatoms. The Bertz CT molecular complexity index is 803. The lowest BCUT2D eigenvalue weighted by Gasteiger charge is -2.17. The second-order valence-electron chi connectivity index (χ2n) is 5.87. The van der Waals surface area contributed by atoms with Crippen LogP contribution in [-0.4, -0.2) is 35.1 Å². The number of pyridine rings is 1. The SMILES string of the molecule is CCOC(=O)C(CCCCNc1cc(F)ccn1)Oc1ccccc1[N+](=O)[O-]. The Hall–Kier alpha value is -3.23. The molecule has 1 N–H and O–H groups in total. The fraction of sp³-hybridized carbons (Fsp3) is 0.368. The number of benzene rings is 1. The minimum atomic E-state index is -0.951. The average Bonchev–Trinajstić information content (AvgIpc) is 2.67. The Balaban J connectivity index is 1.90. The summed E-state index contributed by atoms with van der Waals surface area (Å²) < 4.78 is 23.7. The van der Waals surface area contributed by atoms with Gasteiger partial charge in [0.15, 0.2) is 11.9 Å². The Labute approximate surface area is 161 Å².